The maximum atomic E-state index is 13.9. The molecule has 3 aromatic rings. The van der Waals surface area contributed by atoms with Crippen LogP contribution in [0.25, 0.3) is 10.8 Å². The fraction of sp³-hybridized carbons (Fsp3) is 0.485. The van der Waals surface area contributed by atoms with Gasteiger partial charge >= 0.3 is 0 Å². The highest BCUT2D eigenvalue weighted by Crippen LogP contribution is 2.52. The van der Waals surface area contributed by atoms with Crippen molar-refractivity contribution in [1.29, 1.82) is 0 Å². The first kappa shape index (κ1) is 21.7. The number of rotatable bonds is 8. The summed E-state index contributed by atoms with van der Waals surface area (Å²) >= 11 is 0. The third kappa shape index (κ3) is 4.41. The molecule has 180 valence electrons. The zero-order chi connectivity index (χ0) is 23.4. The smallest absolute Gasteiger partial charge is 0.252 e. The fourth-order valence-electron chi connectivity index (χ4n) is 7.20. The largest absolute Gasteiger partial charge is 0.345 e. The van der Waals surface area contributed by atoms with E-state index in [0.717, 1.165) is 28.7 Å². The van der Waals surface area contributed by atoms with Crippen LogP contribution in [0.5, 0.6) is 0 Å². The number of amides is 1. The molecular weight excluding hydrogens is 426 g/mol. The Balaban J connectivity index is 1.19. The van der Waals surface area contributed by atoms with Crippen LogP contribution in [0.1, 0.15) is 96.8 Å². The van der Waals surface area contributed by atoms with Crippen molar-refractivity contribution < 1.29 is 4.79 Å². The molecule has 4 atom stereocenters. The van der Waals surface area contributed by atoms with Gasteiger partial charge in [-0.2, -0.15) is 0 Å². The van der Waals surface area contributed by atoms with E-state index in [0.29, 0.717) is 11.8 Å². The van der Waals surface area contributed by atoms with E-state index in [9.17, 15) is 4.79 Å². The third-order valence-electron chi connectivity index (χ3n) is 9.56. The van der Waals surface area contributed by atoms with E-state index in [-0.39, 0.29) is 11.9 Å². The zero-order valence-electron chi connectivity index (χ0n) is 20.7. The molecule has 3 aromatic carbocycles. The molecule has 4 fully saturated rings. The lowest BCUT2D eigenvalue weighted by Gasteiger charge is -2.32. The number of carbonyl (C=O) groups excluding carboxylic acids is 1. The van der Waals surface area contributed by atoms with Crippen LogP contribution in [0.2, 0.25) is 0 Å². The van der Waals surface area contributed by atoms with Crippen molar-refractivity contribution in [2.24, 2.45) is 23.7 Å². The summed E-state index contributed by atoms with van der Waals surface area (Å²) < 4.78 is 0. The Hall–Kier alpha value is -2.61. The van der Waals surface area contributed by atoms with Crippen LogP contribution in [0.3, 0.4) is 0 Å². The predicted octanol–water partition coefficient (Wildman–Crippen LogP) is 7.97. The van der Waals surface area contributed by atoms with Crippen LogP contribution in [0, 0.1) is 23.7 Å². The van der Waals surface area contributed by atoms with E-state index < -0.39 is 0 Å². The van der Waals surface area contributed by atoms with E-state index in [1.54, 1.807) is 0 Å². The molecule has 4 saturated carbocycles. The van der Waals surface area contributed by atoms with Crippen molar-refractivity contribution in [3.63, 3.8) is 0 Å². The molecule has 0 heterocycles. The average molecular weight is 464 g/mol. The van der Waals surface area contributed by atoms with Gasteiger partial charge in [0.25, 0.3) is 5.91 Å². The van der Waals surface area contributed by atoms with E-state index in [1.807, 2.05) is 0 Å². The predicted molar refractivity (Wildman–Crippen MR) is 143 cm³/mol. The summed E-state index contributed by atoms with van der Waals surface area (Å²) in [7, 11) is 0. The van der Waals surface area contributed by atoms with Crippen molar-refractivity contribution in [2.75, 3.05) is 0 Å². The molecule has 4 aliphatic carbocycles. The van der Waals surface area contributed by atoms with Gasteiger partial charge in [0.05, 0.1) is 6.04 Å². The maximum Gasteiger partial charge on any atom is 0.252 e. The monoisotopic (exact) mass is 463 g/mol. The molecule has 0 saturated heterocycles. The van der Waals surface area contributed by atoms with Gasteiger partial charge in [-0.3, -0.25) is 4.79 Å². The van der Waals surface area contributed by atoms with Crippen molar-refractivity contribution in [1.82, 2.24) is 5.32 Å². The number of nitrogens with one attached hydrogen (secondary N) is 1. The Labute approximate surface area is 209 Å². The molecule has 1 N–H and O–H groups in total. The van der Waals surface area contributed by atoms with Gasteiger partial charge in [0.1, 0.15) is 0 Å². The first-order chi connectivity index (χ1) is 17.2. The van der Waals surface area contributed by atoms with Crippen molar-refractivity contribution in [2.45, 2.75) is 76.2 Å². The lowest BCUT2D eigenvalue weighted by Crippen LogP contribution is -2.35. The molecule has 7 rings (SSSR count). The van der Waals surface area contributed by atoms with Gasteiger partial charge in [-0.15, -0.1) is 0 Å². The van der Waals surface area contributed by atoms with E-state index in [1.165, 1.54) is 86.3 Å². The number of hydrogen-bond acceptors (Lipinski definition) is 1. The second kappa shape index (κ2) is 8.80. The summed E-state index contributed by atoms with van der Waals surface area (Å²) in [5, 5.41) is 5.87. The summed E-state index contributed by atoms with van der Waals surface area (Å²) in [5.41, 5.74) is 4.94. The molecule has 0 radical (unpaired) electrons. The number of benzene rings is 3. The Bertz CT molecular complexity index is 1240. The third-order valence-corrected chi connectivity index (χ3v) is 9.56. The zero-order valence-corrected chi connectivity index (χ0v) is 20.7. The van der Waals surface area contributed by atoms with Gasteiger partial charge in [0, 0.05) is 5.56 Å². The standard InChI is InChI=1S/C33H37NO/c35-33(31-20-28(24-15-16-24)19-26-3-1-2-4-29(26)31)34-32(30-18-23-11-14-27(30)17-23)25-12-9-22(10-13-25)8-7-21-5-6-21/h1-4,9-10,12-13,19-21,23-24,27,30,32H,5-8,11,14-18H2,(H,34,35)/t23-,27+,30?,32+/m1/s1. The lowest BCUT2D eigenvalue weighted by atomic mass is 9.80. The second-order valence-electron chi connectivity index (χ2n) is 12.1. The number of hydrogen-bond donors (Lipinski definition) is 1. The molecule has 0 aliphatic heterocycles. The molecule has 0 aromatic heterocycles. The Kier molecular flexibility index (Phi) is 5.45. The van der Waals surface area contributed by atoms with Crippen LogP contribution in [0.4, 0.5) is 0 Å². The quantitative estimate of drug-likeness (QED) is 0.361. The molecular formula is C33H37NO. The lowest BCUT2D eigenvalue weighted by molar-refractivity contribution is 0.0909. The highest BCUT2D eigenvalue weighted by atomic mass is 16.1. The first-order valence-electron chi connectivity index (χ1n) is 14.1. The molecule has 0 spiro atoms. The summed E-state index contributed by atoms with van der Waals surface area (Å²) in [6.45, 7) is 0. The second-order valence-corrected chi connectivity index (χ2v) is 12.1. The number of aryl methyl sites for hydroxylation is 1. The minimum Gasteiger partial charge on any atom is -0.345 e. The summed E-state index contributed by atoms with van der Waals surface area (Å²) in [6.07, 6.45) is 13.2. The Morgan fingerprint density at radius 1 is 0.886 bits per heavy atom. The van der Waals surface area contributed by atoms with Crippen molar-refractivity contribution in [3.8, 4) is 0 Å². The number of fused-ring (bicyclic) bond motifs is 3. The van der Waals surface area contributed by atoms with Gasteiger partial charge in [-0.1, -0.05) is 73.9 Å². The highest BCUT2D eigenvalue weighted by Gasteiger charge is 2.44. The first-order valence-corrected chi connectivity index (χ1v) is 14.1. The molecule has 1 amide bonds. The maximum absolute atomic E-state index is 13.9. The van der Waals surface area contributed by atoms with E-state index in [4.69, 9.17) is 0 Å². The minimum absolute atomic E-state index is 0.106. The molecule has 1 unspecified atom stereocenters. The van der Waals surface area contributed by atoms with Gasteiger partial charge in [-0.25, -0.2) is 0 Å². The normalized spacial score (nSPS) is 26.2. The molecule has 2 heteroatoms. The molecule has 4 aliphatic rings. The molecule has 2 nitrogen and oxygen atoms in total. The van der Waals surface area contributed by atoms with Crippen molar-refractivity contribution in [3.05, 3.63) is 82.9 Å². The SMILES string of the molecule is O=C(N[C@@H](c1ccc(CCC2CC2)cc1)C1C[C@@H]2CC[C@H]1C2)c1cc(C2CC2)cc2ccccc12. The van der Waals surface area contributed by atoms with E-state index >= 15 is 0 Å². The average Bonchev–Trinajstić information content (AvgIpc) is 3.83. The fourth-order valence-corrected chi connectivity index (χ4v) is 7.20. The topological polar surface area (TPSA) is 29.1 Å². The van der Waals surface area contributed by atoms with Crippen molar-refractivity contribution >= 4 is 16.7 Å². The highest BCUT2D eigenvalue weighted by molar-refractivity contribution is 6.07. The van der Waals surface area contributed by atoms with Gasteiger partial charge < -0.3 is 5.32 Å². The number of carbonyl (C=O) groups is 1. The molecule has 35 heavy (non-hydrogen) atoms. The van der Waals surface area contributed by atoms with E-state index in [2.05, 4.69) is 66.0 Å². The van der Waals surface area contributed by atoms with Crippen LogP contribution >= 0.6 is 0 Å². The Morgan fingerprint density at radius 2 is 1.71 bits per heavy atom. The van der Waals surface area contributed by atoms with Crippen LogP contribution in [-0.2, 0) is 6.42 Å². The summed E-state index contributed by atoms with van der Waals surface area (Å²) in [5.74, 6) is 3.89. The Morgan fingerprint density at radius 3 is 2.43 bits per heavy atom. The summed E-state index contributed by atoms with van der Waals surface area (Å²) in [4.78, 5) is 13.9. The van der Waals surface area contributed by atoms with Gasteiger partial charge in [-0.05, 0) is 108 Å². The van der Waals surface area contributed by atoms with Crippen LogP contribution in [0.15, 0.2) is 60.7 Å². The van der Waals surface area contributed by atoms with Gasteiger partial charge in [0.2, 0.25) is 0 Å². The minimum atomic E-state index is 0.106. The van der Waals surface area contributed by atoms with Crippen LogP contribution < -0.4 is 5.32 Å². The van der Waals surface area contributed by atoms with Crippen LogP contribution in [-0.4, -0.2) is 5.91 Å². The summed E-state index contributed by atoms with van der Waals surface area (Å²) in [6, 6.07) is 22.3. The van der Waals surface area contributed by atoms with Gasteiger partial charge in [0.15, 0.2) is 0 Å². The molecule has 2 bridgehead atoms.